The summed E-state index contributed by atoms with van der Waals surface area (Å²) in [7, 11) is 1.59. The van der Waals surface area contributed by atoms with Crippen LogP contribution in [0.2, 0.25) is 0 Å². The summed E-state index contributed by atoms with van der Waals surface area (Å²) >= 11 is 0. The molecule has 0 saturated heterocycles. The lowest BCUT2D eigenvalue weighted by atomic mass is 10.1. The van der Waals surface area contributed by atoms with Gasteiger partial charge in [0, 0.05) is 16.3 Å². The molecule has 34 heavy (non-hydrogen) atoms. The van der Waals surface area contributed by atoms with Crippen molar-refractivity contribution in [2.24, 2.45) is 5.10 Å². The first-order valence-corrected chi connectivity index (χ1v) is 10.8. The van der Waals surface area contributed by atoms with Crippen LogP contribution in [0.15, 0.2) is 90.2 Å². The molecule has 1 amide bonds. The topological polar surface area (TPSA) is 88.6 Å². The van der Waals surface area contributed by atoms with E-state index >= 15 is 0 Å². The van der Waals surface area contributed by atoms with E-state index in [9.17, 15) is 4.79 Å². The average molecular weight is 450 g/mol. The maximum Gasteiger partial charge on any atom is 0.289 e. The summed E-state index contributed by atoms with van der Waals surface area (Å²) in [6.07, 6.45) is 3.21. The van der Waals surface area contributed by atoms with Gasteiger partial charge in [0.15, 0.2) is 11.5 Å². The molecule has 5 aromatic rings. The van der Waals surface area contributed by atoms with Crippen LogP contribution < -0.4 is 14.9 Å². The van der Waals surface area contributed by atoms with E-state index in [-0.39, 0.29) is 5.69 Å². The number of rotatable bonds is 7. The molecule has 7 nitrogen and oxygen atoms in total. The Balaban J connectivity index is 1.29. The highest BCUT2D eigenvalue weighted by molar-refractivity contribution is 6.09. The molecule has 0 atom stereocenters. The minimum Gasteiger partial charge on any atom is -0.493 e. The third-order valence-corrected chi connectivity index (χ3v) is 5.43. The van der Waals surface area contributed by atoms with E-state index < -0.39 is 5.91 Å². The van der Waals surface area contributed by atoms with Gasteiger partial charge in [0.25, 0.3) is 5.91 Å². The van der Waals surface area contributed by atoms with Crippen molar-refractivity contribution in [2.45, 2.75) is 6.61 Å². The standard InChI is InChI=1S/C27H22N4O3/c1-33-25-12-11-19(13-26(25)34-17-18-7-3-2-4-8-18)15-29-31-27(32)23-14-21-20-9-5-6-10-22(20)30-24(21)16-28-23/h2-16,30H,17H2,1H3,(H,31,32)/b29-15+. The van der Waals surface area contributed by atoms with Crippen molar-refractivity contribution < 1.29 is 14.3 Å². The quantitative estimate of drug-likeness (QED) is 0.268. The molecule has 2 heterocycles. The zero-order chi connectivity index (χ0) is 23.3. The van der Waals surface area contributed by atoms with Gasteiger partial charge in [-0.2, -0.15) is 5.10 Å². The van der Waals surface area contributed by atoms with E-state index in [1.165, 1.54) is 0 Å². The number of aromatic amines is 1. The lowest BCUT2D eigenvalue weighted by Crippen LogP contribution is -2.18. The number of pyridine rings is 1. The first kappa shape index (κ1) is 21.2. The molecule has 5 rings (SSSR count). The summed E-state index contributed by atoms with van der Waals surface area (Å²) in [5, 5.41) is 6.07. The van der Waals surface area contributed by atoms with Crippen molar-refractivity contribution in [3.8, 4) is 11.5 Å². The fraction of sp³-hybridized carbons (Fsp3) is 0.0741. The number of ether oxygens (including phenoxy) is 2. The smallest absolute Gasteiger partial charge is 0.289 e. The van der Waals surface area contributed by atoms with Crippen LogP contribution in [-0.2, 0) is 6.61 Å². The van der Waals surface area contributed by atoms with Gasteiger partial charge < -0.3 is 14.5 Å². The maximum atomic E-state index is 12.6. The lowest BCUT2D eigenvalue weighted by Gasteiger charge is -2.11. The van der Waals surface area contributed by atoms with Gasteiger partial charge in [0.2, 0.25) is 0 Å². The molecule has 0 bridgehead atoms. The molecule has 0 aliphatic carbocycles. The Morgan fingerprint density at radius 2 is 1.79 bits per heavy atom. The van der Waals surface area contributed by atoms with Crippen molar-refractivity contribution in [1.29, 1.82) is 0 Å². The minimum absolute atomic E-state index is 0.288. The number of nitrogens with zero attached hydrogens (tertiary/aromatic N) is 2. The molecule has 0 radical (unpaired) electrons. The van der Waals surface area contributed by atoms with Gasteiger partial charge in [-0.3, -0.25) is 4.79 Å². The highest BCUT2D eigenvalue weighted by atomic mass is 16.5. The first-order chi connectivity index (χ1) is 16.7. The Hall–Kier alpha value is -4.65. The van der Waals surface area contributed by atoms with E-state index in [4.69, 9.17) is 9.47 Å². The summed E-state index contributed by atoms with van der Waals surface area (Å²) in [6.45, 7) is 0.413. The molecule has 0 aliphatic rings. The second kappa shape index (κ2) is 9.46. The molecule has 168 valence electrons. The number of benzene rings is 3. The SMILES string of the molecule is COc1ccc(/C=N/NC(=O)c2cc3c(cn2)[nH]c2ccccc23)cc1OCc1ccccc1. The molecule has 0 spiro atoms. The van der Waals surface area contributed by atoms with Crippen LogP contribution in [0.25, 0.3) is 21.8 Å². The van der Waals surface area contributed by atoms with Crippen LogP contribution in [-0.4, -0.2) is 29.2 Å². The molecular formula is C27H22N4O3. The number of aromatic nitrogens is 2. The Morgan fingerprint density at radius 1 is 0.971 bits per heavy atom. The number of hydrazone groups is 1. The summed E-state index contributed by atoms with van der Waals surface area (Å²) in [5.41, 5.74) is 6.51. The number of para-hydroxylation sites is 1. The van der Waals surface area contributed by atoms with Gasteiger partial charge in [-0.05, 0) is 41.5 Å². The van der Waals surface area contributed by atoms with Crippen LogP contribution in [0, 0.1) is 0 Å². The molecular weight excluding hydrogens is 428 g/mol. The van der Waals surface area contributed by atoms with E-state index in [0.29, 0.717) is 18.1 Å². The predicted octanol–water partition coefficient (Wildman–Crippen LogP) is 5.07. The molecule has 2 aromatic heterocycles. The van der Waals surface area contributed by atoms with Crippen molar-refractivity contribution in [1.82, 2.24) is 15.4 Å². The molecule has 0 aliphatic heterocycles. The number of amides is 1. The van der Waals surface area contributed by atoms with Crippen molar-refractivity contribution in [3.05, 3.63) is 102 Å². The number of H-pyrrole nitrogens is 1. The normalized spacial score (nSPS) is 11.2. The third-order valence-electron chi connectivity index (χ3n) is 5.43. The van der Waals surface area contributed by atoms with Crippen molar-refractivity contribution in [3.63, 3.8) is 0 Å². The van der Waals surface area contributed by atoms with Crippen LogP contribution in [0.3, 0.4) is 0 Å². The first-order valence-electron chi connectivity index (χ1n) is 10.8. The van der Waals surface area contributed by atoms with Gasteiger partial charge >= 0.3 is 0 Å². The second-order valence-electron chi connectivity index (χ2n) is 7.67. The van der Waals surface area contributed by atoms with Crippen LogP contribution in [0.1, 0.15) is 21.6 Å². The zero-order valence-corrected chi connectivity index (χ0v) is 18.5. The van der Waals surface area contributed by atoms with Gasteiger partial charge in [-0.15, -0.1) is 0 Å². The number of fused-ring (bicyclic) bond motifs is 3. The van der Waals surface area contributed by atoms with Crippen molar-refractivity contribution in [2.75, 3.05) is 7.11 Å². The monoisotopic (exact) mass is 450 g/mol. The van der Waals surface area contributed by atoms with Crippen LogP contribution in [0.5, 0.6) is 11.5 Å². The summed E-state index contributed by atoms with van der Waals surface area (Å²) in [5.74, 6) is 0.818. The van der Waals surface area contributed by atoms with Crippen LogP contribution >= 0.6 is 0 Å². The predicted molar refractivity (Wildman–Crippen MR) is 132 cm³/mol. The maximum absolute atomic E-state index is 12.6. The largest absolute Gasteiger partial charge is 0.493 e. The Bertz CT molecular complexity index is 1490. The highest BCUT2D eigenvalue weighted by Crippen LogP contribution is 2.28. The molecule has 0 fully saturated rings. The van der Waals surface area contributed by atoms with E-state index in [2.05, 4.69) is 20.5 Å². The summed E-state index contributed by atoms with van der Waals surface area (Å²) < 4.78 is 11.3. The number of methoxy groups -OCH3 is 1. The molecule has 3 aromatic carbocycles. The highest BCUT2D eigenvalue weighted by Gasteiger charge is 2.11. The molecule has 2 N–H and O–H groups in total. The fourth-order valence-corrected chi connectivity index (χ4v) is 3.72. The van der Waals surface area contributed by atoms with Gasteiger partial charge in [-0.1, -0.05) is 48.5 Å². The number of hydrogen-bond donors (Lipinski definition) is 2. The molecule has 0 saturated carbocycles. The summed E-state index contributed by atoms with van der Waals surface area (Å²) in [4.78, 5) is 20.2. The molecule has 7 heteroatoms. The number of nitrogens with one attached hydrogen (secondary N) is 2. The third kappa shape index (κ3) is 4.45. The lowest BCUT2D eigenvalue weighted by molar-refractivity contribution is 0.0950. The summed E-state index contributed by atoms with van der Waals surface area (Å²) in [6, 6.07) is 25.0. The Morgan fingerprint density at radius 3 is 2.65 bits per heavy atom. The minimum atomic E-state index is -0.391. The van der Waals surface area contributed by atoms with E-state index in [1.54, 1.807) is 31.7 Å². The molecule has 0 unspecified atom stereocenters. The van der Waals surface area contributed by atoms with Gasteiger partial charge in [-0.25, -0.2) is 10.4 Å². The van der Waals surface area contributed by atoms with Gasteiger partial charge in [0.1, 0.15) is 12.3 Å². The van der Waals surface area contributed by atoms with Crippen molar-refractivity contribution >= 4 is 33.9 Å². The number of carbonyl (C=O) groups is 1. The Labute approximate surface area is 196 Å². The second-order valence-corrected chi connectivity index (χ2v) is 7.67. The average Bonchev–Trinajstić information content (AvgIpc) is 3.26. The number of hydrogen-bond acceptors (Lipinski definition) is 5. The van der Waals surface area contributed by atoms with E-state index in [1.807, 2.05) is 66.7 Å². The van der Waals surface area contributed by atoms with E-state index in [0.717, 1.165) is 32.9 Å². The van der Waals surface area contributed by atoms with Crippen LogP contribution in [0.4, 0.5) is 0 Å². The fourth-order valence-electron chi connectivity index (χ4n) is 3.72. The Kier molecular flexibility index (Phi) is 5.90. The zero-order valence-electron chi connectivity index (χ0n) is 18.5. The van der Waals surface area contributed by atoms with Gasteiger partial charge in [0.05, 0.1) is 25.0 Å². The number of carbonyl (C=O) groups excluding carboxylic acids is 1.